The smallest absolute Gasteiger partial charge is 0.294 e. The number of carbonyl (C=O) groups is 1. The van der Waals surface area contributed by atoms with Gasteiger partial charge in [-0.25, -0.2) is 0 Å². The minimum atomic E-state index is -0.562. The van der Waals surface area contributed by atoms with Gasteiger partial charge in [0, 0.05) is 12.1 Å². The number of benzene rings is 1. The molecule has 1 unspecified atom stereocenters. The number of hydrogen-bond donors (Lipinski definition) is 3. The fraction of sp³-hybridized carbons (Fsp3) is 0.500. The van der Waals surface area contributed by atoms with Gasteiger partial charge in [-0.05, 0) is 24.8 Å². The number of nitrogen functional groups attached to an aromatic ring is 1. The van der Waals surface area contributed by atoms with Gasteiger partial charge in [0.2, 0.25) is 0 Å². The first kappa shape index (κ1) is 15.2. The first-order valence-corrected chi connectivity index (χ1v) is 7.11. The van der Waals surface area contributed by atoms with Crippen molar-refractivity contribution in [1.82, 2.24) is 5.32 Å². The van der Waals surface area contributed by atoms with E-state index >= 15 is 0 Å². The summed E-state index contributed by atoms with van der Waals surface area (Å²) in [5.41, 5.74) is 2.30. The van der Waals surface area contributed by atoms with Crippen molar-refractivity contribution in [3.05, 3.63) is 33.9 Å². The molecule has 0 radical (unpaired) electrons. The zero-order valence-corrected chi connectivity index (χ0v) is 12.0. The Morgan fingerprint density at radius 1 is 1.52 bits per heavy atom. The van der Waals surface area contributed by atoms with Crippen LogP contribution in [0.25, 0.3) is 0 Å². The van der Waals surface area contributed by atoms with Gasteiger partial charge in [0.15, 0.2) is 0 Å². The number of carbonyl (C=O) groups excluding carboxylic acids is 1. The number of nitrogens with one attached hydrogen (secondary N) is 2. The van der Waals surface area contributed by atoms with E-state index in [2.05, 4.69) is 10.7 Å². The van der Waals surface area contributed by atoms with E-state index < -0.39 is 4.92 Å². The molecule has 1 aliphatic rings. The monoisotopic (exact) mass is 292 g/mol. The number of hydrogen-bond acceptors (Lipinski definition) is 5. The van der Waals surface area contributed by atoms with Crippen LogP contribution in [0, 0.1) is 16.0 Å². The van der Waals surface area contributed by atoms with Crippen LogP contribution in [0.5, 0.6) is 0 Å². The lowest BCUT2D eigenvalue weighted by atomic mass is 10.1. The summed E-state index contributed by atoms with van der Waals surface area (Å²) in [5.74, 6) is 5.71. The summed E-state index contributed by atoms with van der Waals surface area (Å²) in [7, 11) is 0. The summed E-state index contributed by atoms with van der Waals surface area (Å²) in [5, 5.41) is 13.9. The molecule has 2 rings (SSSR count). The van der Waals surface area contributed by atoms with Crippen molar-refractivity contribution in [2.75, 3.05) is 5.43 Å². The number of rotatable bonds is 7. The number of anilines is 1. The molecule has 0 saturated heterocycles. The second-order valence-corrected chi connectivity index (χ2v) is 5.36. The van der Waals surface area contributed by atoms with Gasteiger partial charge in [-0.15, -0.1) is 0 Å². The minimum absolute atomic E-state index is 0.0428. The highest BCUT2D eigenvalue weighted by Gasteiger charge is 2.27. The maximum absolute atomic E-state index is 12.3. The van der Waals surface area contributed by atoms with Gasteiger partial charge in [-0.3, -0.25) is 20.8 Å². The molecule has 1 atom stereocenters. The van der Waals surface area contributed by atoms with Crippen molar-refractivity contribution in [2.45, 2.75) is 38.6 Å². The summed E-state index contributed by atoms with van der Waals surface area (Å²) in [6.07, 6.45) is 4.24. The van der Waals surface area contributed by atoms with E-state index in [0.717, 1.165) is 12.8 Å². The molecule has 0 spiro atoms. The predicted molar refractivity (Wildman–Crippen MR) is 79.8 cm³/mol. The van der Waals surface area contributed by atoms with Crippen LogP contribution in [0.15, 0.2) is 18.2 Å². The SMILES string of the molecule is CCC(CC1CC1)NC(=O)c1cccc([N+](=O)[O-])c1NN. The van der Waals surface area contributed by atoms with Crippen molar-refractivity contribution in [2.24, 2.45) is 11.8 Å². The molecule has 1 amide bonds. The van der Waals surface area contributed by atoms with Gasteiger partial charge >= 0.3 is 0 Å². The van der Waals surface area contributed by atoms with E-state index in [-0.39, 0.29) is 28.9 Å². The molecule has 1 aromatic rings. The third kappa shape index (κ3) is 3.69. The van der Waals surface area contributed by atoms with E-state index in [1.807, 2.05) is 6.92 Å². The Labute approximate surface area is 123 Å². The molecule has 0 aromatic heterocycles. The Balaban J connectivity index is 2.17. The molecule has 4 N–H and O–H groups in total. The van der Waals surface area contributed by atoms with Crippen LogP contribution in [-0.2, 0) is 0 Å². The lowest BCUT2D eigenvalue weighted by Gasteiger charge is -2.17. The fourth-order valence-corrected chi connectivity index (χ4v) is 2.38. The van der Waals surface area contributed by atoms with Gasteiger partial charge in [0.05, 0.1) is 10.5 Å². The van der Waals surface area contributed by atoms with Crippen molar-refractivity contribution in [1.29, 1.82) is 0 Å². The molecule has 1 aliphatic carbocycles. The van der Waals surface area contributed by atoms with Crippen LogP contribution in [0.1, 0.15) is 43.0 Å². The number of amides is 1. The Hall–Kier alpha value is -2.15. The molecule has 0 aliphatic heterocycles. The van der Waals surface area contributed by atoms with Crippen molar-refractivity contribution < 1.29 is 9.72 Å². The predicted octanol–water partition coefficient (Wildman–Crippen LogP) is 2.19. The van der Waals surface area contributed by atoms with Crippen LogP contribution < -0.4 is 16.6 Å². The third-order valence-corrected chi connectivity index (χ3v) is 3.77. The Morgan fingerprint density at radius 3 is 2.76 bits per heavy atom. The van der Waals surface area contributed by atoms with Crippen LogP contribution in [-0.4, -0.2) is 16.9 Å². The number of nitrogens with zero attached hydrogens (tertiary/aromatic N) is 1. The number of nitro benzene ring substituents is 1. The Morgan fingerprint density at radius 2 is 2.24 bits per heavy atom. The molecule has 0 heterocycles. The number of nitro groups is 1. The second-order valence-electron chi connectivity index (χ2n) is 5.36. The second kappa shape index (κ2) is 6.53. The molecule has 21 heavy (non-hydrogen) atoms. The van der Waals surface area contributed by atoms with Crippen LogP contribution in [0.3, 0.4) is 0 Å². The quantitative estimate of drug-likeness (QED) is 0.405. The van der Waals surface area contributed by atoms with Crippen LogP contribution in [0.2, 0.25) is 0 Å². The number of nitrogens with two attached hydrogens (primary N) is 1. The Kier molecular flexibility index (Phi) is 4.74. The van der Waals surface area contributed by atoms with Crippen LogP contribution in [0.4, 0.5) is 11.4 Å². The molecule has 7 nitrogen and oxygen atoms in total. The zero-order valence-electron chi connectivity index (χ0n) is 12.0. The topological polar surface area (TPSA) is 110 Å². The van der Waals surface area contributed by atoms with Gasteiger partial charge in [-0.2, -0.15) is 0 Å². The van der Waals surface area contributed by atoms with E-state index in [0.29, 0.717) is 5.92 Å². The fourth-order valence-electron chi connectivity index (χ4n) is 2.38. The average molecular weight is 292 g/mol. The molecule has 1 aromatic carbocycles. The average Bonchev–Trinajstić information content (AvgIpc) is 3.29. The standard InChI is InChI=1S/C14H20N4O3/c1-2-10(8-9-6-7-9)16-14(19)11-4-3-5-12(18(20)21)13(11)17-15/h3-5,9-10,17H,2,6-8,15H2,1H3,(H,16,19). The molecule has 7 heteroatoms. The maximum atomic E-state index is 12.3. The number of hydrazine groups is 1. The maximum Gasteiger partial charge on any atom is 0.294 e. The summed E-state index contributed by atoms with van der Waals surface area (Å²) < 4.78 is 0. The summed E-state index contributed by atoms with van der Waals surface area (Å²) in [6.45, 7) is 2.02. The van der Waals surface area contributed by atoms with E-state index in [9.17, 15) is 14.9 Å². The van der Waals surface area contributed by atoms with Crippen molar-refractivity contribution in [3.63, 3.8) is 0 Å². The molecular weight excluding hydrogens is 272 g/mol. The minimum Gasteiger partial charge on any atom is -0.349 e. The highest BCUT2D eigenvalue weighted by molar-refractivity contribution is 6.01. The molecular formula is C14H20N4O3. The van der Waals surface area contributed by atoms with Gasteiger partial charge < -0.3 is 10.7 Å². The lowest BCUT2D eigenvalue weighted by Crippen LogP contribution is -2.35. The zero-order chi connectivity index (χ0) is 15.4. The van der Waals surface area contributed by atoms with E-state index in [4.69, 9.17) is 5.84 Å². The highest BCUT2D eigenvalue weighted by Crippen LogP contribution is 2.34. The highest BCUT2D eigenvalue weighted by atomic mass is 16.6. The number of para-hydroxylation sites is 1. The summed E-state index contributed by atoms with van der Waals surface area (Å²) >= 11 is 0. The first-order chi connectivity index (χ1) is 10.1. The largest absolute Gasteiger partial charge is 0.349 e. The van der Waals surface area contributed by atoms with Crippen LogP contribution >= 0.6 is 0 Å². The third-order valence-electron chi connectivity index (χ3n) is 3.77. The molecule has 1 saturated carbocycles. The van der Waals surface area contributed by atoms with Gasteiger partial charge in [-0.1, -0.05) is 25.8 Å². The first-order valence-electron chi connectivity index (χ1n) is 7.11. The lowest BCUT2D eigenvalue weighted by molar-refractivity contribution is -0.384. The normalized spacial score (nSPS) is 15.3. The molecule has 1 fully saturated rings. The van der Waals surface area contributed by atoms with Crippen molar-refractivity contribution >= 4 is 17.3 Å². The summed E-state index contributed by atoms with van der Waals surface area (Å²) in [6, 6.07) is 4.42. The van der Waals surface area contributed by atoms with Gasteiger partial charge in [0.25, 0.3) is 11.6 Å². The van der Waals surface area contributed by atoms with Gasteiger partial charge in [0.1, 0.15) is 5.69 Å². The molecule has 114 valence electrons. The van der Waals surface area contributed by atoms with E-state index in [1.54, 1.807) is 0 Å². The Bertz CT molecular complexity index is 543. The van der Waals surface area contributed by atoms with E-state index in [1.165, 1.54) is 31.0 Å². The molecule has 0 bridgehead atoms. The summed E-state index contributed by atoms with van der Waals surface area (Å²) in [4.78, 5) is 22.7. The van der Waals surface area contributed by atoms with Crippen molar-refractivity contribution in [3.8, 4) is 0 Å².